The van der Waals surface area contributed by atoms with Crippen molar-refractivity contribution in [2.45, 2.75) is 25.3 Å². The standard InChI is InChI=1S/C20H24N2O2/c1-24-18-11-9-17(10-12-18)19-8-5-15-22(19)20(23)21-14-13-16-6-3-2-4-7-16/h2-4,6-7,9-12,19H,5,8,13-15H2,1H3,(H,21,23). The molecule has 0 aliphatic carbocycles. The highest BCUT2D eigenvalue weighted by atomic mass is 16.5. The molecule has 1 N–H and O–H groups in total. The van der Waals surface area contributed by atoms with Crippen molar-refractivity contribution in [2.24, 2.45) is 0 Å². The number of methoxy groups -OCH3 is 1. The van der Waals surface area contributed by atoms with Gasteiger partial charge in [-0.3, -0.25) is 0 Å². The zero-order valence-corrected chi connectivity index (χ0v) is 14.1. The van der Waals surface area contributed by atoms with E-state index in [4.69, 9.17) is 4.74 Å². The summed E-state index contributed by atoms with van der Waals surface area (Å²) in [5.74, 6) is 0.843. The van der Waals surface area contributed by atoms with Crippen LogP contribution in [0.4, 0.5) is 4.79 Å². The average Bonchev–Trinajstić information content (AvgIpc) is 3.12. The number of carbonyl (C=O) groups excluding carboxylic acids is 1. The second kappa shape index (κ2) is 7.86. The zero-order valence-electron chi connectivity index (χ0n) is 14.1. The molecule has 1 atom stereocenters. The molecule has 3 rings (SSSR count). The van der Waals surface area contributed by atoms with Crippen molar-refractivity contribution in [1.29, 1.82) is 0 Å². The van der Waals surface area contributed by atoms with E-state index in [1.54, 1.807) is 7.11 Å². The summed E-state index contributed by atoms with van der Waals surface area (Å²) in [6, 6.07) is 18.4. The Morgan fingerprint density at radius 2 is 1.92 bits per heavy atom. The molecule has 1 aliphatic heterocycles. The first-order valence-corrected chi connectivity index (χ1v) is 8.50. The molecule has 0 saturated carbocycles. The van der Waals surface area contributed by atoms with E-state index in [1.165, 1.54) is 11.1 Å². The quantitative estimate of drug-likeness (QED) is 0.909. The minimum Gasteiger partial charge on any atom is -0.497 e. The molecule has 0 radical (unpaired) electrons. The summed E-state index contributed by atoms with van der Waals surface area (Å²) in [6.45, 7) is 1.47. The summed E-state index contributed by atoms with van der Waals surface area (Å²) < 4.78 is 5.21. The SMILES string of the molecule is COc1ccc(C2CCCN2C(=O)NCCc2ccccc2)cc1. The number of hydrogen-bond donors (Lipinski definition) is 1. The lowest BCUT2D eigenvalue weighted by molar-refractivity contribution is 0.193. The average molecular weight is 324 g/mol. The number of nitrogens with zero attached hydrogens (tertiary/aromatic N) is 1. The van der Waals surface area contributed by atoms with E-state index in [-0.39, 0.29) is 12.1 Å². The highest BCUT2D eigenvalue weighted by Gasteiger charge is 2.29. The third-order valence-corrected chi connectivity index (χ3v) is 4.55. The third kappa shape index (κ3) is 3.88. The van der Waals surface area contributed by atoms with Gasteiger partial charge >= 0.3 is 6.03 Å². The number of benzene rings is 2. The zero-order chi connectivity index (χ0) is 16.8. The lowest BCUT2D eigenvalue weighted by atomic mass is 10.0. The van der Waals surface area contributed by atoms with Gasteiger partial charge < -0.3 is 15.0 Å². The van der Waals surface area contributed by atoms with Crippen molar-refractivity contribution in [2.75, 3.05) is 20.2 Å². The van der Waals surface area contributed by atoms with Crippen LogP contribution in [0, 0.1) is 0 Å². The number of amides is 2. The van der Waals surface area contributed by atoms with Crippen LogP contribution in [-0.4, -0.2) is 31.1 Å². The third-order valence-electron chi connectivity index (χ3n) is 4.55. The Balaban J connectivity index is 1.56. The van der Waals surface area contributed by atoms with Crippen LogP contribution in [0.15, 0.2) is 54.6 Å². The smallest absolute Gasteiger partial charge is 0.317 e. The molecule has 4 heteroatoms. The van der Waals surface area contributed by atoms with E-state index in [9.17, 15) is 4.79 Å². The van der Waals surface area contributed by atoms with Gasteiger partial charge in [-0.05, 0) is 42.5 Å². The van der Waals surface area contributed by atoms with Gasteiger partial charge in [0.05, 0.1) is 13.2 Å². The molecule has 1 fully saturated rings. The summed E-state index contributed by atoms with van der Waals surface area (Å²) in [6.07, 6.45) is 2.91. The number of ether oxygens (including phenoxy) is 1. The molecular formula is C20H24N2O2. The van der Waals surface area contributed by atoms with Crippen LogP contribution in [0.25, 0.3) is 0 Å². The van der Waals surface area contributed by atoms with Crippen LogP contribution in [-0.2, 0) is 6.42 Å². The van der Waals surface area contributed by atoms with Crippen molar-refractivity contribution >= 4 is 6.03 Å². The molecule has 2 aromatic carbocycles. The maximum absolute atomic E-state index is 12.5. The highest BCUT2D eigenvalue weighted by molar-refractivity contribution is 5.75. The van der Waals surface area contributed by atoms with E-state index in [0.717, 1.165) is 31.6 Å². The normalized spacial score (nSPS) is 16.9. The summed E-state index contributed by atoms with van der Waals surface area (Å²) in [5.41, 5.74) is 2.41. The molecule has 1 saturated heterocycles. The van der Waals surface area contributed by atoms with Crippen LogP contribution in [0.2, 0.25) is 0 Å². The van der Waals surface area contributed by atoms with Crippen molar-refractivity contribution in [3.63, 3.8) is 0 Å². The first-order valence-electron chi connectivity index (χ1n) is 8.50. The van der Waals surface area contributed by atoms with E-state index in [0.29, 0.717) is 6.54 Å². The van der Waals surface area contributed by atoms with Gasteiger partial charge in [-0.15, -0.1) is 0 Å². The van der Waals surface area contributed by atoms with Gasteiger partial charge in [-0.25, -0.2) is 4.79 Å². The van der Waals surface area contributed by atoms with Crippen molar-refractivity contribution in [1.82, 2.24) is 10.2 Å². The van der Waals surface area contributed by atoms with Crippen LogP contribution >= 0.6 is 0 Å². The number of urea groups is 1. The largest absolute Gasteiger partial charge is 0.497 e. The van der Waals surface area contributed by atoms with E-state index < -0.39 is 0 Å². The fourth-order valence-corrected chi connectivity index (χ4v) is 3.24. The number of carbonyl (C=O) groups is 1. The summed E-state index contributed by atoms with van der Waals surface area (Å²) >= 11 is 0. The molecule has 0 aromatic heterocycles. The van der Waals surface area contributed by atoms with Gasteiger partial charge in [-0.2, -0.15) is 0 Å². The fourth-order valence-electron chi connectivity index (χ4n) is 3.24. The summed E-state index contributed by atoms with van der Waals surface area (Å²) in [7, 11) is 1.66. The molecule has 0 bridgehead atoms. The van der Waals surface area contributed by atoms with Gasteiger partial charge in [0.1, 0.15) is 5.75 Å². The molecule has 0 spiro atoms. The second-order valence-corrected chi connectivity index (χ2v) is 6.09. The first-order chi connectivity index (χ1) is 11.8. The second-order valence-electron chi connectivity index (χ2n) is 6.09. The molecule has 1 unspecified atom stereocenters. The van der Waals surface area contributed by atoms with Gasteiger partial charge in [-0.1, -0.05) is 42.5 Å². The Kier molecular flexibility index (Phi) is 5.36. The molecule has 24 heavy (non-hydrogen) atoms. The lowest BCUT2D eigenvalue weighted by Crippen LogP contribution is -2.40. The van der Waals surface area contributed by atoms with Crippen LogP contribution < -0.4 is 10.1 Å². The predicted molar refractivity (Wildman–Crippen MR) is 95.2 cm³/mol. The Labute approximate surface area is 143 Å². The Morgan fingerprint density at radius 3 is 2.62 bits per heavy atom. The Hall–Kier alpha value is -2.49. The molecular weight excluding hydrogens is 300 g/mol. The van der Waals surface area contributed by atoms with Crippen molar-refractivity contribution in [3.05, 3.63) is 65.7 Å². The number of rotatable bonds is 5. The predicted octanol–water partition coefficient (Wildman–Crippen LogP) is 3.78. The minimum atomic E-state index is 0.0317. The van der Waals surface area contributed by atoms with Crippen LogP contribution in [0.3, 0.4) is 0 Å². The maximum atomic E-state index is 12.5. The topological polar surface area (TPSA) is 41.6 Å². The number of hydrogen-bond acceptors (Lipinski definition) is 2. The van der Waals surface area contributed by atoms with Gasteiger partial charge in [0.2, 0.25) is 0 Å². The van der Waals surface area contributed by atoms with Crippen LogP contribution in [0.1, 0.15) is 30.0 Å². The monoisotopic (exact) mass is 324 g/mol. The number of nitrogens with one attached hydrogen (secondary N) is 1. The maximum Gasteiger partial charge on any atom is 0.317 e. The van der Waals surface area contributed by atoms with Gasteiger partial charge in [0.25, 0.3) is 0 Å². The fraction of sp³-hybridized carbons (Fsp3) is 0.350. The van der Waals surface area contributed by atoms with Crippen molar-refractivity contribution < 1.29 is 9.53 Å². The van der Waals surface area contributed by atoms with Crippen molar-refractivity contribution in [3.8, 4) is 5.75 Å². The highest BCUT2D eigenvalue weighted by Crippen LogP contribution is 2.32. The molecule has 4 nitrogen and oxygen atoms in total. The van der Waals surface area contributed by atoms with Gasteiger partial charge in [0.15, 0.2) is 0 Å². The Morgan fingerprint density at radius 1 is 1.17 bits per heavy atom. The van der Waals surface area contributed by atoms with Crippen LogP contribution in [0.5, 0.6) is 5.75 Å². The summed E-state index contributed by atoms with van der Waals surface area (Å²) in [4.78, 5) is 14.5. The minimum absolute atomic E-state index is 0.0317. The first kappa shape index (κ1) is 16.4. The molecule has 2 amide bonds. The van der Waals surface area contributed by atoms with E-state index in [2.05, 4.69) is 29.6 Å². The molecule has 2 aromatic rings. The van der Waals surface area contributed by atoms with E-state index >= 15 is 0 Å². The molecule has 1 aliphatic rings. The van der Waals surface area contributed by atoms with E-state index in [1.807, 2.05) is 35.2 Å². The summed E-state index contributed by atoms with van der Waals surface area (Å²) in [5, 5.41) is 3.06. The Bertz CT molecular complexity index is 655. The molecule has 126 valence electrons. The van der Waals surface area contributed by atoms with Gasteiger partial charge in [0, 0.05) is 13.1 Å². The number of likely N-dealkylation sites (tertiary alicyclic amines) is 1. The lowest BCUT2D eigenvalue weighted by Gasteiger charge is -2.25. The molecule has 1 heterocycles.